The van der Waals surface area contributed by atoms with Crippen LogP contribution in [0.1, 0.15) is 36.3 Å². The number of ether oxygens (including phenoxy) is 1. The number of rotatable bonds is 11. The molecule has 0 aliphatic rings. The van der Waals surface area contributed by atoms with E-state index in [0.717, 1.165) is 30.6 Å². The van der Waals surface area contributed by atoms with Crippen LogP contribution >= 0.6 is 0 Å². The largest absolute Gasteiger partial charge is 0.490 e. The van der Waals surface area contributed by atoms with Crippen LogP contribution in [0.25, 0.3) is 0 Å². The van der Waals surface area contributed by atoms with Gasteiger partial charge in [-0.25, -0.2) is 9.37 Å². The van der Waals surface area contributed by atoms with Crippen molar-refractivity contribution in [1.29, 1.82) is 0 Å². The van der Waals surface area contributed by atoms with Crippen LogP contribution in [-0.2, 0) is 13.1 Å². The van der Waals surface area contributed by atoms with Gasteiger partial charge in [-0.3, -0.25) is 14.3 Å². The van der Waals surface area contributed by atoms with Gasteiger partial charge in [0, 0.05) is 19.6 Å². The third-order valence-electron chi connectivity index (χ3n) is 5.52. The zero-order valence-electron chi connectivity index (χ0n) is 18.9. The lowest BCUT2D eigenvalue weighted by molar-refractivity contribution is 0.171. The maximum atomic E-state index is 13.4. The summed E-state index contributed by atoms with van der Waals surface area (Å²) in [6.45, 7) is 4.64. The van der Waals surface area contributed by atoms with Crippen LogP contribution in [-0.4, -0.2) is 41.7 Å². The number of nitrogens with zero attached hydrogens (tertiary/aromatic N) is 3. The monoisotopic (exact) mass is 438 g/mol. The summed E-state index contributed by atoms with van der Waals surface area (Å²) < 4.78 is 20.4. The van der Waals surface area contributed by atoms with Gasteiger partial charge in [0.25, 0.3) is 5.56 Å². The van der Waals surface area contributed by atoms with Crippen LogP contribution in [0, 0.1) is 5.82 Å². The molecule has 2 aromatic carbocycles. The van der Waals surface area contributed by atoms with Gasteiger partial charge in [-0.05, 0) is 36.7 Å². The summed E-state index contributed by atoms with van der Waals surface area (Å²) >= 11 is 0. The van der Waals surface area contributed by atoms with E-state index in [-0.39, 0.29) is 23.2 Å². The molecule has 0 saturated heterocycles. The Morgan fingerprint density at radius 1 is 1.12 bits per heavy atom. The van der Waals surface area contributed by atoms with Crippen molar-refractivity contribution >= 4 is 0 Å². The Labute approximate surface area is 188 Å². The summed E-state index contributed by atoms with van der Waals surface area (Å²) in [5.41, 5.74) is 1.82. The van der Waals surface area contributed by atoms with Crippen molar-refractivity contribution in [2.24, 2.45) is 0 Å². The molecule has 7 heteroatoms. The molecule has 3 rings (SSSR count). The average molecular weight is 439 g/mol. The van der Waals surface area contributed by atoms with Crippen LogP contribution in [0.2, 0.25) is 0 Å². The molecule has 0 fully saturated rings. The van der Waals surface area contributed by atoms with Crippen LogP contribution in [0.4, 0.5) is 4.39 Å². The van der Waals surface area contributed by atoms with Crippen molar-refractivity contribution in [2.45, 2.75) is 32.5 Å². The zero-order valence-corrected chi connectivity index (χ0v) is 18.9. The van der Waals surface area contributed by atoms with Gasteiger partial charge < -0.3 is 10.1 Å². The summed E-state index contributed by atoms with van der Waals surface area (Å²) in [5, 5.41) is 3.20. The summed E-state index contributed by atoms with van der Waals surface area (Å²) in [5.74, 6) is 0.663. The molecule has 0 amide bonds. The molecule has 1 heterocycles. The highest BCUT2D eigenvalue weighted by atomic mass is 19.1. The van der Waals surface area contributed by atoms with Gasteiger partial charge in [0.2, 0.25) is 5.75 Å². The third kappa shape index (κ3) is 5.81. The number of likely N-dealkylation sites (N-methyl/N-ethyl adjacent to an activating group) is 1. The highest BCUT2D eigenvalue weighted by Gasteiger charge is 2.25. The summed E-state index contributed by atoms with van der Waals surface area (Å²) in [4.78, 5) is 20.2. The van der Waals surface area contributed by atoms with Gasteiger partial charge in [-0.15, -0.1) is 0 Å². The minimum absolute atomic E-state index is 0.101. The van der Waals surface area contributed by atoms with Gasteiger partial charge in [0.1, 0.15) is 11.6 Å². The Morgan fingerprint density at radius 3 is 2.47 bits per heavy atom. The minimum atomic E-state index is -0.254. The van der Waals surface area contributed by atoms with Crippen molar-refractivity contribution in [2.75, 3.05) is 27.2 Å². The van der Waals surface area contributed by atoms with Gasteiger partial charge in [-0.1, -0.05) is 49.4 Å². The number of hydrogen-bond donors (Lipinski definition) is 1. The molecule has 0 aliphatic heterocycles. The van der Waals surface area contributed by atoms with Crippen LogP contribution in [0.5, 0.6) is 5.75 Å². The van der Waals surface area contributed by atoms with E-state index in [9.17, 15) is 9.18 Å². The maximum Gasteiger partial charge on any atom is 0.296 e. The van der Waals surface area contributed by atoms with Crippen molar-refractivity contribution in [3.05, 3.63) is 93.9 Å². The molecule has 0 spiro atoms. The van der Waals surface area contributed by atoms with Crippen molar-refractivity contribution in [3.63, 3.8) is 0 Å². The normalized spacial score (nSPS) is 12.2. The SMILES string of the molecule is CCC(c1ncc(OC)c(=O)n1Cc1ccccc1)N(CCNC)Cc1ccc(F)cc1. The van der Waals surface area contributed by atoms with E-state index in [1.807, 2.05) is 37.4 Å². The molecule has 0 aliphatic carbocycles. The molecule has 1 atom stereocenters. The summed E-state index contributed by atoms with van der Waals surface area (Å²) in [7, 11) is 3.39. The first-order valence-corrected chi connectivity index (χ1v) is 10.9. The van der Waals surface area contributed by atoms with Gasteiger partial charge in [-0.2, -0.15) is 0 Å². The molecular weight excluding hydrogens is 407 g/mol. The summed E-state index contributed by atoms with van der Waals surface area (Å²) in [6, 6.07) is 16.3. The fourth-order valence-corrected chi connectivity index (χ4v) is 3.84. The minimum Gasteiger partial charge on any atom is -0.490 e. The molecule has 1 aromatic heterocycles. The predicted octanol–water partition coefficient (Wildman–Crippen LogP) is 3.61. The number of hydrogen-bond acceptors (Lipinski definition) is 5. The molecule has 170 valence electrons. The number of aromatic nitrogens is 2. The molecule has 0 radical (unpaired) electrons. The number of nitrogens with one attached hydrogen (secondary N) is 1. The number of halogens is 1. The Hall–Kier alpha value is -3.03. The average Bonchev–Trinajstić information content (AvgIpc) is 2.82. The zero-order chi connectivity index (χ0) is 22.9. The Morgan fingerprint density at radius 2 is 1.84 bits per heavy atom. The Kier molecular flexibility index (Phi) is 8.53. The van der Waals surface area contributed by atoms with Crippen LogP contribution in [0.15, 0.2) is 65.6 Å². The number of benzene rings is 2. The lowest BCUT2D eigenvalue weighted by atomic mass is 10.1. The second-order valence-electron chi connectivity index (χ2n) is 7.69. The molecule has 32 heavy (non-hydrogen) atoms. The van der Waals surface area contributed by atoms with Crippen molar-refractivity contribution in [3.8, 4) is 5.75 Å². The second kappa shape index (κ2) is 11.5. The smallest absolute Gasteiger partial charge is 0.296 e. The van der Waals surface area contributed by atoms with E-state index in [2.05, 4.69) is 22.1 Å². The van der Waals surface area contributed by atoms with E-state index in [0.29, 0.717) is 18.9 Å². The molecule has 6 nitrogen and oxygen atoms in total. The quantitative estimate of drug-likeness (QED) is 0.496. The molecule has 3 aromatic rings. The first-order chi connectivity index (χ1) is 15.6. The lowest BCUT2D eigenvalue weighted by Crippen LogP contribution is -2.38. The van der Waals surface area contributed by atoms with Gasteiger partial charge >= 0.3 is 0 Å². The third-order valence-corrected chi connectivity index (χ3v) is 5.52. The lowest BCUT2D eigenvalue weighted by Gasteiger charge is -2.32. The predicted molar refractivity (Wildman–Crippen MR) is 124 cm³/mol. The Bertz CT molecular complexity index is 1040. The van der Waals surface area contributed by atoms with Gasteiger partial charge in [0.15, 0.2) is 0 Å². The molecular formula is C25H31FN4O2. The van der Waals surface area contributed by atoms with Crippen LogP contribution < -0.4 is 15.6 Å². The standard InChI is InChI=1S/C25H31FN4O2/c1-4-22(29(15-14-27-2)17-20-10-12-21(26)13-11-20)24-28-16-23(32-3)25(31)30(24)18-19-8-6-5-7-9-19/h5-13,16,22,27H,4,14-15,17-18H2,1-3H3. The van der Waals surface area contributed by atoms with E-state index in [4.69, 9.17) is 4.74 Å². The van der Waals surface area contributed by atoms with Crippen molar-refractivity contribution < 1.29 is 9.13 Å². The molecule has 1 N–H and O–H groups in total. The first-order valence-electron chi connectivity index (χ1n) is 10.9. The van der Waals surface area contributed by atoms with E-state index in [1.165, 1.54) is 25.4 Å². The molecule has 0 bridgehead atoms. The second-order valence-corrected chi connectivity index (χ2v) is 7.69. The highest BCUT2D eigenvalue weighted by molar-refractivity contribution is 5.21. The fourth-order valence-electron chi connectivity index (χ4n) is 3.84. The molecule has 1 unspecified atom stereocenters. The topological polar surface area (TPSA) is 59.4 Å². The van der Waals surface area contributed by atoms with Crippen LogP contribution in [0.3, 0.4) is 0 Å². The summed E-state index contributed by atoms with van der Waals surface area (Å²) in [6.07, 6.45) is 2.27. The van der Waals surface area contributed by atoms with Gasteiger partial charge in [0.05, 0.1) is 25.9 Å². The van der Waals surface area contributed by atoms with E-state index >= 15 is 0 Å². The van der Waals surface area contributed by atoms with Crippen molar-refractivity contribution in [1.82, 2.24) is 19.8 Å². The Balaban J connectivity index is 2.02. The highest BCUT2D eigenvalue weighted by Crippen LogP contribution is 2.25. The number of methoxy groups -OCH3 is 1. The van der Waals surface area contributed by atoms with E-state index < -0.39 is 0 Å². The van der Waals surface area contributed by atoms with E-state index in [1.54, 1.807) is 16.7 Å². The maximum absolute atomic E-state index is 13.4. The first kappa shape index (κ1) is 23.6. The molecule has 0 saturated carbocycles. The fraction of sp³-hybridized carbons (Fsp3) is 0.360.